The van der Waals surface area contributed by atoms with E-state index in [2.05, 4.69) is 41.7 Å². The van der Waals surface area contributed by atoms with Gasteiger partial charge in [0.05, 0.1) is 6.54 Å². The molecule has 0 saturated carbocycles. The molecule has 0 atom stereocenters. The minimum absolute atomic E-state index is 0.666. The van der Waals surface area contributed by atoms with Crippen LogP contribution in [-0.4, -0.2) is 16.1 Å². The predicted molar refractivity (Wildman–Crippen MR) is 80.7 cm³/mol. The summed E-state index contributed by atoms with van der Waals surface area (Å²) in [4.78, 5) is 4.34. The lowest BCUT2D eigenvalue weighted by Gasteiger charge is -2.05. The quantitative estimate of drug-likeness (QED) is 0.844. The molecule has 0 aromatic carbocycles. The van der Waals surface area contributed by atoms with Gasteiger partial charge >= 0.3 is 0 Å². The van der Waals surface area contributed by atoms with Crippen LogP contribution in [0.1, 0.15) is 43.7 Å². The van der Waals surface area contributed by atoms with Crippen LogP contribution in [0.4, 0.5) is 0 Å². The SMILES string of the molecule is CCc1nccn1Cc1cc(CNCC(C)C)c(C)o1. The molecule has 0 unspecified atom stereocenters. The summed E-state index contributed by atoms with van der Waals surface area (Å²) in [5.41, 5.74) is 1.25. The first kappa shape index (κ1) is 14.9. The van der Waals surface area contributed by atoms with E-state index in [1.165, 1.54) is 5.56 Å². The van der Waals surface area contributed by atoms with Gasteiger partial charge < -0.3 is 14.3 Å². The number of nitrogens with zero attached hydrogens (tertiary/aromatic N) is 2. The van der Waals surface area contributed by atoms with Crippen LogP contribution in [0.5, 0.6) is 0 Å². The average molecular weight is 275 g/mol. The standard InChI is InChI=1S/C16H25N3O/c1-5-16-18-6-7-19(16)11-15-8-14(13(4)20-15)10-17-9-12(2)3/h6-8,12,17H,5,9-11H2,1-4H3. The molecule has 20 heavy (non-hydrogen) atoms. The van der Waals surface area contributed by atoms with Gasteiger partial charge in [-0.15, -0.1) is 0 Å². The normalized spacial score (nSPS) is 11.4. The van der Waals surface area contributed by atoms with Crippen LogP contribution in [0.3, 0.4) is 0 Å². The fourth-order valence-corrected chi connectivity index (χ4v) is 2.30. The van der Waals surface area contributed by atoms with Crippen molar-refractivity contribution >= 4 is 0 Å². The Labute approximate surface area is 121 Å². The number of furan rings is 1. The fraction of sp³-hybridized carbons (Fsp3) is 0.562. The van der Waals surface area contributed by atoms with Gasteiger partial charge in [0.2, 0.25) is 0 Å². The summed E-state index contributed by atoms with van der Waals surface area (Å²) in [6, 6.07) is 2.15. The van der Waals surface area contributed by atoms with E-state index in [0.29, 0.717) is 5.92 Å². The van der Waals surface area contributed by atoms with Gasteiger partial charge in [-0.2, -0.15) is 0 Å². The largest absolute Gasteiger partial charge is 0.464 e. The number of aryl methyl sites for hydroxylation is 2. The smallest absolute Gasteiger partial charge is 0.124 e. The second-order valence-corrected chi connectivity index (χ2v) is 5.64. The maximum absolute atomic E-state index is 5.86. The minimum Gasteiger partial charge on any atom is -0.464 e. The highest BCUT2D eigenvalue weighted by molar-refractivity contribution is 5.21. The van der Waals surface area contributed by atoms with Gasteiger partial charge in [0.25, 0.3) is 0 Å². The van der Waals surface area contributed by atoms with Crippen molar-refractivity contribution < 1.29 is 4.42 Å². The summed E-state index contributed by atoms with van der Waals surface area (Å²) in [6.07, 6.45) is 4.79. The highest BCUT2D eigenvalue weighted by atomic mass is 16.3. The predicted octanol–water partition coefficient (Wildman–Crippen LogP) is 3.14. The van der Waals surface area contributed by atoms with Gasteiger partial charge in [-0.3, -0.25) is 0 Å². The number of hydrogen-bond acceptors (Lipinski definition) is 3. The van der Waals surface area contributed by atoms with Crippen LogP contribution in [0.25, 0.3) is 0 Å². The van der Waals surface area contributed by atoms with Gasteiger partial charge in [0.15, 0.2) is 0 Å². The first-order chi connectivity index (χ1) is 9.60. The molecule has 2 heterocycles. The molecule has 0 aliphatic carbocycles. The molecule has 4 heteroatoms. The second-order valence-electron chi connectivity index (χ2n) is 5.64. The molecule has 0 amide bonds. The summed E-state index contributed by atoms with van der Waals surface area (Å²) in [5.74, 6) is 3.77. The zero-order chi connectivity index (χ0) is 14.5. The van der Waals surface area contributed by atoms with E-state index in [1.54, 1.807) is 0 Å². The highest BCUT2D eigenvalue weighted by Crippen LogP contribution is 2.16. The lowest BCUT2D eigenvalue weighted by molar-refractivity contribution is 0.462. The van der Waals surface area contributed by atoms with E-state index >= 15 is 0 Å². The summed E-state index contributed by atoms with van der Waals surface area (Å²) in [7, 11) is 0. The van der Waals surface area contributed by atoms with Gasteiger partial charge in [0, 0.05) is 30.9 Å². The molecular weight excluding hydrogens is 250 g/mol. The Hall–Kier alpha value is -1.55. The van der Waals surface area contributed by atoms with E-state index in [1.807, 2.05) is 19.3 Å². The van der Waals surface area contributed by atoms with Gasteiger partial charge in [-0.25, -0.2) is 4.98 Å². The lowest BCUT2D eigenvalue weighted by atomic mass is 10.2. The van der Waals surface area contributed by atoms with Crippen molar-refractivity contribution in [2.75, 3.05) is 6.54 Å². The molecule has 2 aromatic rings. The summed E-state index contributed by atoms with van der Waals surface area (Å²) >= 11 is 0. The Morgan fingerprint density at radius 1 is 1.40 bits per heavy atom. The van der Waals surface area contributed by atoms with Crippen molar-refractivity contribution in [3.63, 3.8) is 0 Å². The molecule has 0 aliphatic rings. The zero-order valence-electron chi connectivity index (χ0n) is 12.9. The molecule has 0 aliphatic heterocycles. The monoisotopic (exact) mass is 275 g/mol. The minimum atomic E-state index is 0.666. The molecule has 0 fully saturated rings. The number of aromatic nitrogens is 2. The van der Waals surface area contributed by atoms with E-state index in [-0.39, 0.29) is 0 Å². The number of hydrogen-bond donors (Lipinski definition) is 1. The molecular formula is C16H25N3O. The third-order valence-corrected chi connectivity index (χ3v) is 3.38. The Balaban J connectivity index is 2.00. The number of rotatable bonds is 7. The Morgan fingerprint density at radius 2 is 2.20 bits per heavy atom. The molecule has 2 rings (SSSR count). The average Bonchev–Trinajstić information content (AvgIpc) is 2.97. The van der Waals surface area contributed by atoms with Crippen molar-refractivity contribution in [3.8, 4) is 0 Å². The fourth-order valence-electron chi connectivity index (χ4n) is 2.30. The van der Waals surface area contributed by atoms with Gasteiger partial charge in [-0.1, -0.05) is 20.8 Å². The van der Waals surface area contributed by atoms with E-state index in [0.717, 1.165) is 43.4 Å². The van der Waals surface area contributed by atoms with Crippen LogP contribution in [-0.2, 0) is 19.5 Å². The van der Waals surface area contributed by atoms with E-state index < -0.39 is 0 Å². The third kappa shape index (κ3) is 3.73. The second kappa shape index (κ2) is 6.75. The third-order valence-electron chi connectivity index (χ3n) is 3.38. The van der Waals surface area contributed by atoms with Crippen LogP contribution in [0, 0.1) is 12.8 Å². The van der Waals surface area contributed by atoms with Crippen LogP contribution >= 0.6 is 0 Å². The van der Waals surface area contributed by atoms with Crippen LogP contribution in [0.2, 0.25) is 0 Å². The first-order valence-electron chi connectivity index (χ1n) is 7.39. The van der Waals surface area contributed by atoms with Gasteiger partial charge in [-0.05, 0) is 25.5 Å². The van der Waals surface area contributed by atoms with E-state index in [9.17, 15) is 0 Å². The van der Waals surface area contributed by atoms with Crippen molar-refractivity contribution in [1.29, 1.82) is 0 Å². The van der Waals surface area contributed by atoms with Crippen molar-refractivity contribution in [2.24, 2.45) is 5.92 Å². The first-order valence-corrected chi connectivity index (χ1v) is 7.39. The van der Waals surface area contributed by atoms with Crippen molar-refractivity contribution in [2.45, 2.75) is 47.2 Å². The zero-order valence-corrected chi connectivity index (χ0v) is 12.9. The van der Waals surface area contributed by atoms with E-state index in [4.69, 9.17) is 4.42 Å². The topological polar surface area (TPSA) is 43.0 Å². The molecule has 0 saturated heterocycles. The summed E-state index contributed by atoms with van der Waals surface area (Å²) in [5, 5.41) is 3.46. The number of nitrogens with one attached hydrogen (secondary N) is 1. The Bertz CT molecular complexity index is 540. The Kier molecular flexibility index (Phi) is 5.01. The summed E-state index contributed by atoms with van der Waals surface area (Å²) in [6.45, 7) is 11.2. The molecule has 0 radical (unpaired) electrons. The molecule has 2 aromatic heterocycles. The molecule has 1 N–H and O–H groups in total. The van der Waals surface area contributed by atoms with Crippen molar-refractivity contribution in [1.82, 2.24) is 14.9 Å². The van der Waals surface area contributed by atoms with Gasteiger partial charge in [0.1, 0.15) is 17.3 Å². The molecule has 4 nitrogen and oxygen atoms in total. The maximum Gasteiger partial charge on any atom is 0.124 e. The number of imidazole rings is 1. The van der Waals surface area contributed by atoms with Crippen LogP contribution in [0.15, 0.2) is 22.9 Å². The maximum atomic E-state index is 5.86. The molecule has 0 spiro atoms. The highest BCUT2D eigenvalue weighted by Gasteiger charge is 2.09. The summed E-state index contributed by atoms with van der Waals surface area (Å²) < 4.78 is 8.00. The van der Waals surface area contributed by atoms with Crippen molar-refractivity contribution in [3.05, 3.63) is 41.4 Å². The molecule has 110 valence electrons. The lowest BCUT2D eigenvalue weighted by Crippen LogP contribution is -2.19. The van der Waals surface area contributed by atoms with Crippen LogP contribution < -0.4 is 5.32 Å². The Morgan fingerprint density at radius 3 is 2.90 bits per heavy atom. The molecule has 0 bridgehead atoms.